The van der Waals surface area contributed by atoms with Crippen LogP contribution in [0.3, 0.4) is 0 Å². The van der Waals surface area contributed by atoms with E-state index in [-0.39, 0.29) is 0 Å². The van der Waals surface area contributed by atoms with Crippen molar-refractivity contribution in [2.75, 3.05) is 52.4 Å². The normalized spacial score (nSPS) is 27.1. The van der Waals surface area contributed by atoms with Crippen LogP contribution in [0.5, 0.6) is 0 Å². The lowest BCUT2D eigenvalue weighted by Gasteiger charge is -2.40. The van der Waals surface area contributed by atoms with Crippen LogP contribution >= 0.6 is 0 Å². The second-order valence-corrected chi connectivity index (χ2v) is 23.2. The van der Waals surface area contributed by atoms with Gasteiger partial charge in [0.15, 0.2) is 24.2 Å². The number of nitrogens with zero attached hydrogens (tertiary/aromatic N) is 6. The molecule has 6 nitrogen and oxygen atoms in total. The fourth-order valence-electron chi connectivity index (χ4n) is 13.8. The molecule has 6 heteroatoms. The molecule has 0 spiro atoms. The molecule has 5 aliphatic carbocycles. The number of unbranched alkanes of at least 4 members (excludes halogenated alkanes) is 8. The molecule has 0 aromatic carbocycles. The summed E-state index contributed by atoms with van der Waals surface area (Å²) in [6.07, 6.45) is 53.8. The van der Waals surface area contributed by atoms with Crippen molar-refractivity contribution in [3.05, 3.63) is 24.3 Å². The first-order valence-electron chi connectivity index (χ1n) is 31.1. The highest BCUT2D eigenvalue weighted by atomic mass is 15.2. The van der Waals surface area contributed by atoms with Crippen LogP contribution in [0.4, 0.5) is 0 Å². The van der Waals surface area contributed by atoms with Crippen LogP contribution < -0.4 is 0 Å². The van der Waals surface area contributed by atoms with Crippen LogP contribution in [-0.4, -0.2) is 141 Å². The fraction of sp³-hybridized carbons (Fsp3) is 0.903. The van der Waals surface area contributed by atoms with Crippen molar-refractivity contribution in [3.8, 4) is 0 Å². The van der Waals surface area contributed by atoms with Crippen LogP contribution in [0.1, 0.15) is 261 Å². The van der Waals surface area contributed by atoms with Gasteiger partial charge in [0, 0.05) is 99.8 Å². The molecule has 0 saturated heterocycles. The van der Waals surface area contributed by atoms with E-state index in [4.69, 9.17) is 0 Å². The molecule has 0 unspecified atom stereocenters. The monoisotopic (exact) mass is 945 g/mol. The van der Waals surface area contributed by atoms with E-state index < -0.39 is 0 Å². The zero-order chi connectivity index (χ0) is 48.4. The molecule has 0 aliphatic heterocycles. The Bertz CT molecular complexity index is 1190. The summed E-state index contributed by atoms with van der Waals surface area (Å²) in [5, 5.41) is 0. The topological polar surface area (TPSA) is 19.0 Å². The SMILES string of the molecule is CCCCN(CCCC)C1CCC([N+](=C2C=CC(=[N+](C3CCC(N(CCCC)CCCC)CC3)C3CCC(N(CCCC)CCCC)CC3)C=C2)C2CCC(N(CCCC)CCCC)CC2)CC1. The van der Waals surface area contributed by atoms with E-state index in [0.29, 0.717) is 24.2 Å². The van der Waals surface area contributed by atoms with Crippen molar-refractivity contribution in [3.63, 3.8) is 0 Å². The van der Waals surface area contributed by atoms with Gasteiger partial charge in [-0.3, -0.25) is 0 Å². The summed E-state index contributed by atoms with van der Waals surface area (Å²) in [5.41, 5.74) is 3.08. The number of allylic oxidation sites excluding steroid dienone is 4. The molecule has 0 heterocycles. The van der Waals surface area contributed by atoms with E-state index in [1.807, 2.05) is 0 Å². The van der Waals surface area contributed by atoms with Gasteiger partial charge in [0.25, 0.3) is 0 Å². The van der Waals surface area contributed by atoms with E-state index in [0.717, 1.165) is 24.2 Å². The highest BCUT2D eigenvalue weighted by Crippen LogP contribution is 2.35. The third-order valence-corrected chi connectivity index (χ3v) is 18.1. The Morgan fingerprint density at radius 3 is 0.588 bits per heavy atom. The largest absolute Gasteiger partial charge is 0.300 e. The average molecular weight is 946 g/mol. The molecule has 4 saturated carbocycles. The molecule has 5 aliphatic rings. The van der Waals surface area contributed by atoms with Crippen molar-refractivity contribution in [2.45, 2.75) is 309 Å². The maximum atomic E-state index is 3.06. The molecule has 68 heavy (non-hydrogen) atoms. The number of rotatable bonds is 32. The number of hydrogen-bond donors (Lipinski definition) is 0. The first kappa shape index (κ1) is 57.6. The third kappa shape index (κ3) is 18.0. The van der Waals surface area contributed by atoms with Crippen LogP contribution in [0.25, 0.3) is 0 Å². The van der Waals surface area contributed by atoms with E-state index in [1.165, 1.54) is 258 Å². The van der Waals surface area contributed by atoms with Gasteiger partial charge < -0.3 is 19.6 Å². The van der Waals surface area contributed by atoms with E-state index in [9.17, 15) is 0 Å². The van der Waals surface area contributed by atoms with E-state index in [2.05, 4.69) is 108 Å². The Morgan fingerprint density at radius 2 is 0.441 bits per heavy atom. The van der Waals surface area contributed by atoms with Gasteiger partial charge in [-0.1, -0.05) is 107 Å². The van der Waals surface area contributed by atoms with Crippen LogP contribution in [0, 0.1) is 0 Å². The van der Waals surface area contributed by atoms with E-state index in [1.54, 1.807) is 11.4 Å². The van der Waals surface area contributed by atoms with Gasteiger partial charge in [0.1, 0.15) is 0 Å². The molecular weight excluding hydrogens is 829 g/mol. The van der Waals surface area contributed by atoms with Gasteiger partial charge in [-0.25, -0.2) is 9.15 Å². The maximum Gasteiger partial charge on any atom is 0.200 e. The minimum Gasteiger partial charge on any atom is -0.300 e. The Kier molecular flexibility index (Phi) is 28.3. The fourth-order valence-corrected chi connectivity index (χ4v) is 13.8. The Labute approximate surface area is 424 Å². The average Bonchev–Trinajstić information content (AvgIpc) is 3.38. The van der Waals surface area contributed by atoms with Crippen molar-refractivity contribution in [1.82, 2.24) is 19.6 Å². The van der Waals surface area contributed by atoms with Gasteiger partial charge in [-0.05, 0) is 155 Å². The lowest BCUT2D eigenvalue weighted by atomic mass is 9.84. The lowest BCUT2D eigenvalue weighted by Crippen LogP contribution is -2.49. The van der Waals surface area contributed by atoms with Gasteiger partial charge in [-0.15, -0.1) is 0 Å². The molecule has 0 radical (unpaired) electrons. The second kappa shape index (κ2) is 33.4. The van der Waals surface area contributed by atoms with E-state index >= 15 is 0 Å². The predicted octanol–water partition coefficient (Wildman–Crippen LogP) is 14.9. The molecule has 0 aromatic heterocycles. The Morgan fingerprint density at radius 1 is 0.279 bits per heavy atom. The highest BCUT2D eigenvalue weighted by Gasteiger charge is 2.42. The zero-order valence-corrected chi connectivity index (χ0v) is 46.9. The first-order chi connectivity index (χ1) is 33.4. The van der Waals surface area contributed by atoms with Crippen LogP contribution in [-0.2, 0) is 0 Å². The minimum absolute atomic E-state index is 0.669. The minimum atomic E-state index is 0.669. The van der Waals surface area contributed by atoms with Crippen molar-refractivity contribution >= 4 is 11.4 Å². The van der Waals surface area contributed by atoms with Crippen molar-refractivity contribution in [2.24, 2.45) is 0 Å². The van der Waals surface area contributed by atoms with Crippen molar-refractivity contribution < 1.29 is 9.15 Å². The summed E-state index contributed by atoms with van der Waals surface area (Å²) in [6.45, 7) is 29.5. The standard InChI is InChI=1S/C62H116N6/c1-9-17-45-63(46-18-10-2)53-25-33-57(34-26-53)67(58-35-27-54(28-36-58)64(47-19-11-3)48-20-12-4)61-41-43-62(44-42-61)68(59-37-29-55(30-38-59)65(49-21-13-5)50-22-14-6)60-39-31-56(32-40-60)66(51-23-15-7)52-24-16-8/h41-44,53-60H,9-40,45-52H2,1-8H3/q+2. The summed E-state index contributed by atoms with van der Waals surface area (Å²) in [6, 6.07) is 5.80. The smallest absolute Gasteiger partial charge is 0.200 e. The highest BCUT2D eigenvalue weighted by molar-refractivity contribution is 6.15. The molecule has 0 bridgehead atoms. The van der Waals surface area contributed by atoms with Crippen LogP contribution in [0.2, 0.25) is 0 Å². The molecular formula is C62H116N6+2. The van der Waals surface area contributed by atoms with Crippen LogP contribution in [0.15, 0.2) is 24.3 Å². The third-order valence-electron chi connectivity index (χ3n) is 18.1. The first-order valence-corrected chi connectivity index (χ1v) is 31.1. The molecule has 0 amide bonds. The van der Waals surface area contributed by atoms with Gasteiger partial charge in [0.05, 0.1) is 0 Å². The number of hydrogen-bond acceptors (Lipinski definition) is 4. The second-order valence-electron chi connectivity index (χ2n) is 23.2. The van der Waals surface area contributed by atoms with Gasteiger partial charge in [0.2, 0.25) is 11.4 Å². The lowest BCUT2D eigenvalue weighted by molar-refractivity contribution is -0.608. The Hall–Kier alpha value is -1.34. The summed E-state index contributed by atoms with van der Waals surface area (Å²) in [7, 11) is 0. The molecule has 5 rings (SSSR count). The molecule has 0 N–H and O–H groups in total. The van der Waals surface area contributed by atoms with Gasteiger partial charge >= 0.3 is 0 Å². The zero-order valence-electron chi connectivity index (χ0n) is 46.9. The molecule has 4 fully saturated rings. The summed E-state index contributed by atoms with van der Waals surface area (Å²) in [5.74, 6) is 0. The predicted molar refractivity (Wildman–Crippen MR) is 299 cm³/mol. The summed E-state index contributed by atoms with van der Waals surface area (Å²) >= 11 is 0. The summed E-state index contributed by atoms with van der Waals surface area (Å²) < 4.78 is 6.12. The molecule has 0 aromatic rings. The Balaban J connectivity index is 1.43. The summed E-state index contributed by atoms with van der Waals surface area (Å²) in [4.78, 5) is 11.7. The van der Waals surface area contributed by atoms with Crippen molar-refractivity contribution in [1.29, 1.82) is 0 Å². The molecule has 0 atom stereocenters. The molecule has 392 valence electrons. The van der Waals surface area contributed by atoms with Gasteiger partial charge in [-0.2, -0.15) is 0 Å². The quantitative estimate of drug-likeness (QED) is 0.0494. The maximum absolute atomic E-state index is 3.06.